The van der Waals surface area contributed by atoms with Crippen LogP contribution in [0, 0.1) is 0 Å². The maximum Gasteiger partial charge on any atom is 0.145 e. The Kier molecular flexibility index (Phi) is 5.15. The molecule has 0 atom stereocenters. The Morgan fingerprint density at radius 1 is 0.750 bits per heavy atom. The number of fused-ring (bicyclic) bond motifs is 4. The highest BCUT2D eigenvalue weighted by atomic mass is 15.1. The normalized spacial score (nSPS) is 14.0. The van der Waals surface area contributed by atoms with E-state index in [2.05, 4.69) is 113 Å². The largest absolute Gasteiger partial charge is 0.292 e. The van der Waals surface area contributed by atoms with Crippen molar-refractivity contribution in [2.24, 2.45) is 0 Å². The molecular weight excluding hydrogens is 438 g/mol. The average molecular weight is 472 g/mol. The lowest BCUT2D eigenvalue weighted by Gasteiger charge is -2.23. The summed E-state index contributed by atoms with van der Waals surface area (Å²) in [6.07, 6.45) is 1.91. The van der Waals surface area contributed by atoms with Crippen molar-refractivity contribution in [1.82, 2.24) is 14.5 Å². The standard InChI is InChI=1S/C33H33N3/c1-20(2)23-11-9-12-24(21(3)4)30(23)36-29-15-8-7-14-28(29)35-32(36)22-16-17-25-26-13-10-18-34-31(26)33(5,6)27(25)19-22/h7-21H,1-6H3. The number of pyridine rings is 1. The molecule has 6 rings (SSSR count). The second kappa shape index (κ2) is 8.16. The van der Waals surface area contributed by atoms with Gasteiger partial charge in [-0.05, 0) is 58.4 Å². The van der Waals surface area contributed by atoms with Gasteiger partial charge in [0.25, 0.3) is 0 Å². The summed E-state index contributed by atoms with van der Waals surface area (Å²) in [5.41, 5.74) is 12.1. The summed E-state index contributed by atoms with van der Waals surface area (Å²) in [4.78, 5) is 10.0. The Balaban J connectivity index is 1.66. The summed E-state index contributed by atoms with van der Waals surface area (Å²) in [5, 5.41) is 0. The third kappa shape index (κ3) is 3.26. The molecule has 3 nitrogen and oxygen atoms in total. The molecule has 0 spiro atoms. The van der Waals surface area contributed by atoms with E-state index in [4.69, 9.17) is 9.97 Å². The molecule has 1 aliphatic carbocycles. The van der Waals surface area contributed by atoms with Crippen molar-refractivity contribution in [2.75, 3.05) is 0 Å². The monoisotopic (exact) mass is 471 g/mol. The molecule has 5 aromatic rings. The first-order chi connectivity index (χ1) is 17.3. The molecular formula is C33H33N3. The number of benzene rings is 3. The van der Waals surface area contributed by atoms with Crippen molar-refractivity contribution in [1.29, 1.82) is 0 Å². The smallest absolute Gasteiger partial charge is 0.145 e. The van der Waals surface area contributed by atoms with Crippen LogP contribution in [0.2, 0.25) is 0 Å². The first-order valence-electron chi connectivity index (χ1n) is 13.0. The van der Waals surface area contributed by atoms with E-state index < -0.39 is 0 Å². The number of hydrogen-bond acceptors (Lipinski definition) is 2. The molecule has 0 fully saturated rings. The molecule has 0 bridgehead atoms. The van der Waals surface area contributed by atoms with E-state index >= 15 is 0 Å². The lowest BCUT2D eigenvalue weighted by atomic mass is 9.84. The molecule has 0 aliphatic heterocycles. The molecule has 1 aliphatic rings. The van der Waals surface area contributed by atoms with Gasteiger partial charge in [-0.3, -0.25) is 9.55 Å². The van der Waals surface area contributed by atoms with Crippen molar-refractivity contribution < 1.29 is 0 Å². The SMILES string of the molecule is CC(C)c1cccc(C(C)C)c1-n1c(-c2ccc3c(c2)C(C)(C)c2ncccc2-3)nc2ccccc21. The van der Waals surface area contributed by atoms with Gasteiger partial charge < -0.3 is 0 Å². The molecule has 180 valence electrons. The van der Waals surface area contributed by atoms with Crippen LogP contribution < -0.4 is 0 Å². The molecule has 0 saturated heterocycles. The van der Waals surface area contributed by atoms with Crippen molar-refractivity contribution in [3.05, 3.63) is 101 Å². The fraction of sp³-hybridized carbons (Fsp3) is 0.273. The Hall–Kier alpha value is -3.72. The Bertz CT molecular complexity index is 1590. The van der Waals surface area contributed by atoms with Crippen LogP contribution >= 0.6 is 0 Å². The van der Waals surface area contributed by atoms with Crippen LogP contribution in [0.25, 0.3) is 39.2 Å². The molecule has 36 heavy (non-hydrogen) atoms. The van der Waals surface area contributed by atoms with E-state index in [0.717, 1.165) is 28.1 Å². The number of hydrogen-bond donors (Lipinski definition) is 0. The van der Waals surface area contributed by atoms with E-state index in [-0.39, 0.29) is 5.41 Å². The molecule has 0 unspecified atom stereocenters. The van der Waals surface area contributed by atoms with Crippen LogP contribution in [-0.2, 0) is 5.41 Å². The highest BCUT2D eigenvalue weighted by molar-refractivity contribution is 5.86. The first-order valence-corrected chi connectivity index (χ1v) is 13.0. The zero-order valence-electron chi connectivity index (χ0n) is 22.0. The Morgan fingerprint density at radius 3 is 2.19 bits per heavy atom. The van der Waals surface area contributed by atoms with Crippen LogP contribution in [0.15, 0.2) is 79.0 Å². The van der Waals surface area contributed by atoms with E-state index in [9.17, 15) is 0 Å². The maximum atomic E-state index is 5.23. The molecule has 3 heteroatoms. The van der Waals surface area contributed by atoms with Crippen LogP contribution in [0.1, 0.15) is 75.8 Å². The van der Waals surface area contributed by atoms with Crippen molar-refractivity contribution >= 4 is 11.0 Å². The van der Waals surface area contributed by atoms with E-state index in [1.807, 2.05) is 12.3 Å². The minimum atomic E-state index is -0.155. The molecule has 0 radical (unpaired) electrons. The van der Waals surface area contributed by atoms with Gasteiger partial charge in [0.2, 0.25) is 0 Å². The maximum absolute atomic E-state index is 5.23. The fourth-order valence-electron chi connectivity index (χ4n) is 5.90. The average Bonchev–Trinajstić information content (AvgIpc) is 3.36. The molecule has 2 aromatic heterocycles. The van der Waals surface area contributed by atoms with Gasteiger partial charge in [-0.15, -0.1) is 0 Å². The van der Waals surface area contributed by atoms with Gasteiger partial charge in [0.05, 0.1) is 22.4 Å². The summed E-state index contributed by atoms with van der Waals surface area (Å²) in [6, 6.07) is 26.4. The lowest BCUT2D eigenvalue weighted by molar-refractivity contribution is 0.637. The number of imidazole rings is 1. The number of aromatic nitrogens is 3. The quantitative estimate of drug-likeness (QED) is 0.263. The van der Waals surface area contributed by atoms with Gasteiger partial charge in [-0.25, -0.2) is 4.98 Å². The molecule has 0 N–H and O–H groups in total. The van der Waals surface area contributed by atoms with Crippen LogP contribution in [0.3, 0.4) is 0 Å². The molecule has 3 aromatic carbocycles. The Labute approximate surface area is 213 Å². The van der Waals surface area contributed by atoms with Gasteiger partial charge in [0.1, 0.15) is 5.82 Å². The molecule has 0 saturated carbocycles. The van der Waals surface area contributed by atoms with Crippen molar-refractivity contribution in [2.45, 2.75) is 58.8 Å². The molecule has 0 amide bonds. The minimum absolute atomic E-state index is 0.155. The van der Waals surface area contributed by atoms with Gasteiger partial charge in [0.15, 0.2) is 0 Å². The van der Waals surface area contributed by atoms with Crippen LogP contribution in [0.5, 0.6) is 0 Å². The van der Waals surface area contributed by atoms with Crippen LogP contribution in [-0.4, -0.2) is 14.5 Å². The lowest BCUT2D eigenvalue weighted by Crippen LogP contribution is -2.16. The predicted molar refractivity (Wildman–Crippen MR) is 150 cm³/mol. The summed E-state index contributed by atoms with van der Waals surface area (Å²) in [6.45, 7) is 13.7. The van der Waals surface area contributed by atoms with Gasteiger partial charge in [0, 0.05) is 22.7 Å². The fourth-order valence-corrected chi connectivity index (χ4v) is 5.90. The highest BCUT2D eigenvalue weighted by Gasteiger charge is 2.37. The van der Waals surface area contributed by atoms with Gasteiger partial charge in [-0.1, -0.05) is 90.1 Å². The van der Waals surface area contributed by atoms with Crippen molar-refractivity contribution in [3.63, 3.8) is 0 Å². The third-order valence-electron chi connectivity index (χ3n) is 7.77. The summed E-state index contributed by atoms with van der Waals surface area (Å²) >= 11 is 0. The number of rotatable bonds is 4. The van der Waals surface area contributed by atoms with Gasteiger partial charge in [-0.2, -0.15) is 0 Å². The van der Waals surface area contributed by atoms with Gasteiger partial charge >= 0.3 is 0 Å². The second-order valence-electron chi connectivity index (χ2n) is 11.1. The van der Waals surface area contributed by atoms with E-state index in [1.165, 1.54) is 33.5 Å². The minimum Gasteiger partial charge on any atom is -0.292 e. The zero-order valence-corrected chi connectivity index (χ0v) is 22.0. The topological polar surface area (TPSA) is 30.7 Å². The predicted octanol–water partition coefficient (Wildman–Crippen LogP) is 8.64. The number of para-hydroxylation sites is 3. The second-order valence-corrected chi connectivity index (χ2v) is 11.1. The third-order valence-corrected chi connectivity index (χ3v) is 7.77. The summed E-state index contributed by atoms with van der Waals surface area (Å²) in [5.74, 6) is 1.79. The molecule has 2 heterocycles. The number of nitrogens with zero attached hydrogens (tertiary/aromatic N) is 3. The van der Waals surface area contributed by atoms with E-state index in [0.29, 0.717) is 11.8 Å². The first kappa shape index (κ1) is 22.7. The van der Waals surface area contributed by atoms with Crippen molar-refractivity contribution in [3.8, 4) is 28.2 Å². The van der Waals surface area contributed by atoms with E-state index in [1.54, 1.807) is 0 Å². The summed E-state index contributed by atoms with van der Waals surface area (Å²) < 4.78 is 2.41. The Morgan fingerprint density at radius 2 is 1.47 bits per heavy atom. The highest BCUT2D eigenvalue weighted by Crippen LogP contribution is 2.49. The van der Waals surface area contributed by atoms with Crippen LogP contribution in [0.4, 0.5) is 0 Å². The summed E-state index contributed by atoms with van der Waals surface area (Å²) in [7, 11) is 0. The zero-order chi connectivity index (χ0) is 25.2.